The summed E-state index contributed by atoms with van der Waals surface area (Å²) >= 11 is 0. The number of carbonyl (C=O) groups excluding carboxylic acids is 2. The summed E-state index contributed by atoms with van der Waals surface area (Å²) < 4.78 is 17.5. The molecule has 0 saturated heterocycles. The maximum Gasteiger partial charge on any atom is 0.294 e. The molecule has 2 amide bonds. The fourth-order valence-corrected chi connectivity index (χ4v) is 4.84. The van der Waals surface area contributed by atoms with Gasteiger partial charge in [0.05, 0.1) is 12.5 Å². The van der Waals surface area contributed by atoms with Gasteiger partial charge in [0.2, 0.25) is 11.7 Å². The molecule has 1 aliphatic carbocycles. The Hall–Kier alpha value is -3.74. The minimum atomic E-state index is -1.22. The SMILES string of the molecule is CC=C1CC(N2C(=O)c3oc4ccccc4c3OCC2(C)C(=O)NCc2ccccc2OC)C1. The van der Waals surface area contributed by atoms with Crippen molar-refractivity contribution in [2.75, 3.05) is 13.7 Å². The summed E-state index contributed by atoms with van der Waals surface area (Å²) in [5.74, 6) is 0.642. The molecule has 1 fully saturated rings. The van der Waals surface area contributed by atoms with Crippen LogP contribution in [-0.4, -0.2) is 42.0 Å². The molecule has 0 bridgehead atoms. The number of furan rings is 1. The molecule has 0 radical (unpaired) electrons. The molecule has 7 heteroatoms. The van der Waals surface area contributed by atoms with Gasteiger partial charge >= 0.3 is 0 Å². The number of ether oxygens (including phenoxy) is 2. The fourth-order valence-electron chi connectivity index (χ4n) is 4.84. The van der Waals surface area contributed by atoms with E-state index in [1.165, 1.54) is 5.57 Å². The first-order chi connectivity index (χ1) is 16.5. The minimum absolute atomic E-state index is 0.0225. The molecule has 1 aliphatic heterocycles. The van der Waals surface area contributed by atoms with Crippen molar-refractivity contribution >= 4 is 22.8 Å². The van der Waals surface area contributed by atoms with Crippen molar-refractivity contribution in [3.8, 4) is 11.5 Å². The number of nitrogens with zero attached hydrogens (tertiary/aromatic N) is 1. The van der Waals surface area contributed by atoms with Gasteiger partial charge in [0.25, 0.3) is 5.91 Å². The number of carbonyl (C=O) groups is 2. The zero-order chi connectivity index (χ0) is 23.9. The van der Waals surface area contributed by atoms with Crippen LogP contribution in [0, 0.1) is 0 Å². The Morgan fingerprint density at radius 3 is 2.71 bits per heavy atom. The van der Waals surface area contributed by atoms with Gasteiger partial charge in [-0.3, -0.25) is 9.59 Å². The summed E-state index contributed by atoms with van der Waals surface area (Å²) in [7, 11) is 1.60. The van der Waals surface area contributed by atoms with Crippen LogP contribution in [0.1, 0.15) is 42.8 Å². The first-order valence-electron chi connectivity index (χ1n) is 11.5. The van der Waals surface area contributed by atoms with E-state index in [9.17, 15) is 9.59 Å². The largest absolute Gasteiger partial charge is 0.496 e. The van der Waals surface area contributed by atoms with Gasteiger partial charge in [0.1, 0.15) is 17.9 Å². The Labute approximate surface area is 198 Å². The first kappa shape index (κ1) is 22.1. The maximum atomic E-state index is 13.9. The Morgan fingerprint density at radius 2 is 1.94 bits per heavy atom. The smallest absolute Gasteiger partial charge is 0.294 e. The standard InChI is InChI=1S/C27H28N2O5/c1-4-17-13-19(14-17)29-25(30)24-23(20-10-6-8-12-22(20)34-24)33-16-27(29,2)26(31)28-15-18-9-5-7-11-21(18)32-3/h4-12,19H,13-16H2,1-3H3,(H,28,31). The lowest BCUT2D eigenvalue weighted by Gasteiger charge is -2.47. The number of rotatable bonds is 5. The number of methoxy groups -OCH3 is 1. The molecule has 176 valence electrons. The molecule has 0 spiro atoms. The second kappa shape index (κ2) is 8.56. The van der Waals surface area contributed by atoms with Crippen LogP contribution < -0.4 is 14.8 Å². The molecule has 1 N–H and O–H groups in total. The number of benzene rings is 2. The summed E-state index contributed by atoms with van der Waals surface area (Å²) in [5.41, 5.74) is 1.50. The number of nitrogens with one attached hydrogen (secondary N) is 1. The van der Waals surface area contributed by atoms with E-state index in [2.05, 4.69) is 11.4 Å². The summed E-state index contributed by atoms with van der Waals surface area (Å²) in [5, 5.41) is 3.74. The molecule has 2 heterocycles. The lowest BCUT2D eigenvalue weighted by Crippen LogP contribution is -2.65. The van der Waals surface area contributed by atoms with Crippen LogP contribution >= 0.6 is 0 Å². The topological polar surface area (TPSA) is 81.0 Å². The van der Waals surface area contributed by atoms with Gasteiger partial charge in [-0.1, -0.05) is 42.0 Å². The minimum Gasteiger partial charge on any atom is -0.496 e. The Bertz CT molecular complexity index is 1290. The van der Waals surface area contributed by atoms with Crippen LogP contribution in [0.2, 0.25) is 0 Å². The van der Waals surface area contributed by atoms with E-state index in [1.54, 1.807) is 18.9 Å². The van der Waals surface area contributed by atoms with Gasteiger partial charge in [0.15, 0.2) is 11.3 Å². The third-order valence-electron chi connectivity index (χ3n) is 6.88. The first-order valence-corrected chi connectivity index (χ1v) is 11.5. The average Bonchev–Trinajstić information content (AvgIpc) is 3.16. The molecule has 7 nitrogen and oxygen atoms in total. The third kappa shape index (κ3) is 3.52. The predicted octanol–water partition coefficient (Wildman–Crippen LogP) is 4.46. The van der Waals surface area contributed by atoms with Gasteiger partial charge < -0.3 is 24.1 Å². The van der Waals surface area contributed by atoms with Crippen LogP contribution in [0.3, 0.4) is 0 Å². The highest BCUT2D eigenvalue weighted by Crippen LogP contribution is 2.42. The number of amides is 2. The summed E-state index contributed by atoms with van der Waals surface area (Å²) in [6, 6.07) is 14.8. The number of hydrogen-bond donors (Lipinski definition) is 1. The Balaban J connectivity index is 1.49. The molecule has 3 aromatic rings. The molecule has 34 heavy (non-hydrogen) atoms. The Morgan fingerprint density at radius 1 is 1.21 bits per heavy atom. The van der Waals surface area contributed by atoms with Crippen molar-refractivity contribution in [3.63, 3.8) is 0 Å². The van der Waals surface area contributed by atoms with Gasteiger partial charge in [0, 0.05) is 18.2 Å². The van der Waals surface area contributed by atoms with E-state index in [1.807, 2.05) is 55.5 Å². The molecule has 5 rings (SSSR count). The number of fused-ring (bicyclic) bond motifs is 3. The second-order valence-electron chi connectivity index (χ2n) is 9.00. The van der Waals surface area contributed by atoms with Crippen molar-refractivity contribution in [2.24, 2.45) is 0 Å². The summed E-state index contributed by atoms with van der Waals surface area (Å²) in [6.07, 6.45) is 3.53. The van der Waals surface area contributed by atoms with Gasteiger partial charge in [-0.15, -0.1) is 0 Å². The van der Waals surface area contributed by atoms with Gasteiger partial charge in [-0.25, -0.2) is 0 Å². The molecular formula is C27H28N2O5. The van der Waals surface area contributed by atoms with E-state index in [-0.39, 0.29) is 36.8 Å². The highest BCUT2D eigenvalue weighted by atomic mass is 16.5. The van der Waals surface area contributed by atoms with Gasteiger partial charge in [-0.05, 0) is 44.9 Å². The van der Waals surface area contributed by atoms with Crippen LogP contribution in [0.5, 0.6) is 11.5 Å². The van der Waals surface area contributed by atoms with Crippen molar-refractivity contribution in [1.82, 2.24) is 10.2 Å². The lowest BCUT2D eigenvalue weighted by molar-refractivity contribution is -0.135. The van der Waals surface area contributed by atoms with Crippen molar-refractivity contribution in [3.05, 3.63) is 71.5 Å². The quantitative estimate of drug-likeness (QED) is 0.569. The number of hydrogen-bond acceptors (Lipinski definition) is 5. The van der Waals surface area contributed by atoms with Crippen molar-refractivity contribution in [2.45, 2.75) is 44.8 Å². The molecule has 1 unspecified atom stereocenters. The van der Waals surface area contributed by atoms with E-state index in [4.69, 9.17) is 13.9 Å². The van der Waals surface area contributed by atoms with Crippen LogP contribution in [0.25, 0.3) is 11.0 Å². The molecule has 2 aliphatic rings. The summed E-state index contributed by atoms with van der Waals surface area (Å²) in [6.45, 7) is 4.06. The van der Waals surface area contributed by atoms with E-state index >= 15 is 0 Å². The zero-order valence-corrected chi connectivity index (χ0v) is 19.6. The molecular weight excluding hydrogens is 432 g/mol. The molecule has 2 aromatic carbocycles. The third-order valence-corrected chi connectivity index (χ3v) is 6.88. The van der Waals surface area contributed by atoms with Crippen molar-refractivity contribution in [1.29, 1.82) is 0 Å². The molecule has 1 atom stereocenters. The van der Waals surface area contributed by atoms with Gasteiger partial charge in [-0.2, -0.15) is 0 Å². The fraction of sp³-hybridized carbons (Fsp3) is 0.333. The van der Waals surface area contributed by atoms with E-state index < -0.39 is 5.54 Å². The average molecular weight is 461 g/mol. The van der Waals surface area contributed by atoms with Crippen LogP contribution in [0.4, 0.5) is 0 Å². The monoisotopic (exact) mass is 460 g/mol. The second-order valence-corrected chi connectivity index (χ2v) is 9.00. The normalized spacial score (nSPS) is 21.9. The van der Waals surface area contributed by atoms with E-state index in [0.29, 0.717) is 17.1 Å². The summed E-state index contributed by atoms with van der Waals surface area (Å²) in [4.78, 5) is 29.2. The Kier molecular flexibility index (Phi) is 5.55. The van der Waals surface area contributed by atoms with Crippen LogP contribution in [0.15, 0.2) is 64.6 Å². The maximum absolute atomic E-state index is 13.9. The zero-order valence-electron chi connectivity index (χ0n) is 19.6. The number of para-hydroxylation sites is 2. The van der Waals surface area contributed by atoms with E-state index in [0.717, 1.165) is 23.8 Å². The highest BCUT2D eigenvalue weighted by molar-refractivity contribution is 6.05. The molecule has 1 aromatic heterocycles. The highest BCUT2D eigenvalue weighted by Gasteiger charge is 2.52. The predicted molar refractivity (Wildman–Crippen MR) is 128 cm³/mol. The molecule has 1 saturated carbocycles. The number of allylic oxidation sites excluding steroid dienone is 1. The van der Waals surface area contributed by atoms with Crippen molar-refractivity contribution < 1.29 is 23.5 Å². The lowest BCUT2D eigenvalue weighted by atomic mass is 9.81. The van der Waals surface area contributed by atoms with Crippen LogP contribution in [-0.2, 0) is 11.3 Å².